The topological polar surface area (TPSA) is 68.9 Å². The summed E-state index contributed by atoms with van der Waals surface area (Å²) in [6.07, 6.45) is 8.28. The highest BCUT2D eigenvalue weighted by Gasteiger charge is 2.34. The van der Waals surface area contributed by atoms with E-state index in [1.54, 1.807) is 0 Å². The molecule has 2 fully saturated rings. The van der Waals surface area contributed by atoms with E-state index >= 15 is 0 Å². The first-order chi connectivity index (χ1) is 12.7. The van der Waals surface area contributed by atoms with E-state index < -0.39 is 0 Å². The smallest absolute Gasteiger partial charge is 0.188 e. The van der Waals surface area contributed by atoms with Crippen LogP contribution in [0.25, 0.3) is 0 Å². The van der Waals surface area contributed by atoms with Crippen molar-refractivity contribution in [2.75, 3.05) is 26.4 Å². The summed E-state index contributed by atoms with van der Waals surface area (Å²) in [6.45, 7) is 4.95. The second-order valence-electron chi connectivity index (χ2n) is 7.53. The SMILES string of the molecule is CCOc1ccc(C2(CN=C(N)NC3CCCCC3)CCOCC2)cc1.I. The number of nitrogens with one attached hydrogen (secondary N) is 1. The summed E-state index contributed by atoms with van der Waals surface area (Å²) in [5.74, 6) is 1.51. The van der Waals surface area contributed by atoms with E-state index in [1.165, 1.54) is 37.7 Å². The standard InChI is InChI=1S/C21H33N3O2.HI/c1-2-26-19-10-8-17(9-11-19)21(12-14-25-15-13-21)16-23-20(22)24-18-6-4-3-5-7-18;/h8-11,18H,2-7,12-16H2,1H3,(H3,22,23,24);1H. The molecule has 5 nitrogen and oxygen atoms in total. The number of nitrogens with zero attached hydrogens (tertiary/aromatic N) is 1. The lowest BCUT2D eigenvalue weighted by atomic mass is 9.74. The Hall–Kier alpha value is -1.02. The molecule has 27 heavy (non-hydrogen) atoms. The molecule has 0 amide bonds. The van der Waals surface area contributed by atoms with E-state index in [-0.39, 0.29) is 29.4 Å². The van der Waals surface area contributed by atoms with Crippen molar-refractivity contribution in [3.05, 3.63) is 29.8 Å². The molecule has 6 heteroatoms. The van der Waals surface area contributed by atoms with Crippen LogP contribution in [-0.4, -0.2) is 38.4 Å². The van der Waals surface area contributed by atoms with E-state index in [1.807, 2.05) is 6.92 Å². The molecule has 0 spiro atoms. The second-order valence-corrected chi connectivity index (χ2v) is 7.53. The minimum Gasteiger partial charge on any atom is -0.494 e. The molecule has 1 saturated carbocycles. The number of nitrogens with two attached hydrogens (primary N) is 1. The minimum atomic E-state index is 0. The second kappa shape index (κ2) is 11.1. The fourth-order valence-corrected chi connectivity index (χ4v) is 4.11. The predicted molar refractivity (Wildman–Crippen MR) is 121 cm³/mol. The molecule has 1 saturated heterocycles. The van der Waals surface area contributed by atoms with Crippen molar-refractivity contribution in [3.8, 4) is 5.75 Å². The van der Waals surface area contributed by atoms with Gasteiger partial charge in [0.15, 0.2) is 5.96 Å². The molecule has 0 bridgehead atoms. The molecule has 1 aromatic rings. The van der Waals surface area contributed by atoms with Gasteiger partial charge in [0.05, 0.1) is 13.2 Å². The average Bonchev–Trinajstić information content (AvgIpc) is 2.69. The Kier molecular flexibility index (Phi) is 9.15. The van der Waals surface area contributed by atoms with Crippen LogP contribution < -0.4 is 15.8 Å². The first kappa shape index (κ1) is 22.3. The Morgan fingerprint density at radius 2 is 1.85 bits per heavy atom. The summed E-state index contributed by atoms with van der Waals surface area (Å²) < 4.78 is 11.2. The molecule has 0 unspecified atom stereocenters. The molecule has 1 aliphatic carbocycles. The van der Waals surface area contributed by atoms with Crippen LogP contribution >= 0.6 is 24.0 Å². The van der Waals surface area contributed by atoms with Crippen molar-refractivity contribution < 1.29 is 9.47 Å². The van der Waals surface area contributed by atoms with Gasteiger partial charge in [0.1, 0.15) is 5.75 Å². The number of benzene rings is 1. The quantitative estimate of drug-likeness (QED) is 0.362. The fourth-order valence-electron chi connectivity index (χ4n) is 4.11. The van der Waals surface area contributed by atoms with Gasteiger partial charge in [-0.05, 0) is 50.3 Å². The third kappa shape index (κ3) is 6.24. The number of rotatable bonds is 6. The molecule has 1 heterocycles. The summed E-state index contributed by atoms with van der Waals surface area (Å²) in [5.41, 5.74) is 7.52. The van der Waals surface area contributed by atoms with Gasteiger partial charge in [-0.1, -0.05) is 31.4 Å². The fraction of sp³-hybridized carbons (Fsp3) is 0.667. The van der Waals surface area contributed by atoms with Crippen molar-refractivity contribution in [3.63, 3.8) is 0 Å². The van der Waals surface area contributed by atoms with E-state index in [0.29, 0.717) is 25.2 Å². The van der Waals surface area contributed by atoms with Gasteiger partial charge in [0.2, 0.25) is 0 Å². The number of hydrogen-bond acceptors (Lipinski definition) is 3. The van der Waals surface area contributed by atoms with Crippen LogP contribution in [0.15, 0.2) is 29.3 Å². The van der Waals surface area contributed by atoms with E-state index in [9.17, 15) is 0 Å². The zero-order valence-electron chi connectivity index (χ0n) is 16.4. The number of halogens is 1. The largest absolute Gasteiger partial charge is 0.494 e. The summed E-state index contributed by atoms with van der Waals surface area (Å²) in [7, 11) is 0. The third-order valence-electron chi connectivity index (χ3n) is 5.74. The first-order valence-electron chi connectivity index (χ1n) is 10.1. The lowest BCUT2D eigenvalue weighted by molar-refractivity contribution is 0.0531. The maximum atomic E-state index is 6.21. The molecule has 152 valence electrons. The maximum Gasteiger partial charge on any atom is 0.188 e. The predicted octanol–water partition coefficient (Wildman–Crippen LogP) is 3.99. The zero-order valence-corrected chi connectivity index (χ0v) is 18.7. The van der Waals surface area contributed by atoms with Gasteiger partial charge in [-0.3, -0.25) is 4.99 Å². The van der Waals surface area contributed by atoms with Crippen LogP contribution in [0.2, 0.25) is 0 Å². The Bertz CT molecular complexity index is 580. The lowest BCUT2D eigenvalue weighted by Crippen LogP contribution is -2.43. The van der Waals surface area contributed by atoms with E-state index in [4.69, 9.17) is 20.2 Å². The molecule has 0 atom stereocenters. The van der Waals surface area contributed by atoms with Crippen LogP contribution in [-0.2, 0) is 10.2 Å². The summed E-state index contributed by atoms with van der Waals surface area (Å²) >= 11 is 0. The van der Waals surface area contributed by atoms with Gasteiger partial charge >= 0.3 is 0 Å². The maximum absolute atomic E-state index is 6.21. The Labute approximate surface area is 180 Å². The van der Waals surface area contributed by atoms with Gasteiger partial charge in [-0.25, -0.2) is 0 Å². The van der Waals surface area contributed by atoms with Crippen molar-refractivity contribution in [2.24, 2.45) is 10.7 Å². The van der Waals surface area contributed by atoms with Crippen LogP contribution in [0.3, 0.4) is 0 Å². The molecule has 3 rings (SSSR count). The van der Waals surface area contributed by atoms with Crippen molar-refractivity contribution in [1.82, 2.24) is 5.32 Å². The van der Waals surface area contributed by atoms with Gasteiger partial charge in [-0.2, -0.15) is 0 Å². The van der Waals surface area contributed by atoms with Crippen LogP contribution in [0, 0.1) is 0 Å². The molecular weight excluding hydrogens is 453 g/mol. The van der Waals surface area contributed by atoms with Gasteiger partial charge < -0.3 is 20.5 Å². The molecule has 0 radical (unpaired) electrons. The first-order valence-corrected chi connectivity index (χ1v) is 10.1. The highest BCUT2D eigenvalue weighted by molar-refractivity contribution is 14.0. The summed E-state index contributed by atoms with van der Waals surface area (Å²) in [5, 5.41) is 3.43. The average molecular weight is 487 g/mol. The number of ether oxygens (including phenoxy) is 2. The molecule has 0 aromatic heterocycles. The molecule has 1 aliphatic heterocycles. The number of aliphatic imine (C=N–C) groups is 1. The Morgan fingerprint density at radius 3 is 2.48 bits per heavy atom. The number of guanidine groups is 1. The van der Waals surface area contributed by atoms with Crippen molar-refractivity contribution in [1.29, 1.82) is 0 Å². The Balaban J connectivity index is 0.00000261. The van der Waals surface area contributed by atoms with Crippen molar-refractivity contribution >= 4 is 29.9 Å². The minimum absolute atomic E-state index is 0. The van der Waals surface area contributed by atoms with Crippen molar-refractivity contribution in [2.45, 2.75) is 63.3 Å². The van der Waals surface area contributed by atoms with Crippen LogP contribution in [0.5, 0.6) is 5.75 Å². The van der Waals surface area contributed by atoms with E-state index in [2.05, 4.69) is 29.6 Å². The highest BCUT2D eigenvalue weighted by atomic mass is 127. The van der Waals surface area contributed by atoms with Crippen LogP contribution in [0.4, 0.5) is 0 Å². The highest BCUT2D eigenvalue weighted by Crippen LogP contribution is 2.36. The number of hydrogen-bond donors (Lipinski definition) is 2. The molecule has 2 aliphatic rings. The van der Waals surface area contributed by atoms with Crippen LogP contribution in [0.1, 0.15) is 57.4 Å². The summed E-state index contributed by atoms with van der Waals surface area (Å²) in [6, 6.07) is 8.96. The zero-order chi connectivity index (χ0) is 18.2. The Morgan fingerprint density at radius 1 is 1.19 bits per heavy atom. The molecule has 3 N–H and O–H groups in total. The van der Waals surface area contributed by atoms with Gasteiger partial charge in [-0.15, -0.1) is 24.0 Å². The monoisotopic (exact) mass is 487 g/mol. The summed E-state index contributed by atoms with van der Waals surface area (Å²) in [4.78, 5) is 4.75. The third-order valence-corrected chi connectivity index (χ3v) is 5.74. The van der Waals surface area contributed by atoms with Gasteiger partial charge in [0, 0.05) is 24.7 Å². The lowest BCUT2D eigenvalue weighted by Gasteiger charge is -2.36. The molecular formula is C21H34IN3O2. The normalized spacial score (nSPS) is 20.6. The molecule has 1 aromatic carbocycles. The van der Waals surface area contributed by atoms with Gasteiger partial charge in [0.25, 0.3) is 0 Å². The van der Waals surface area contributed by atoms with E-state index in [0.717, 1.165) is 31.8 Å².